The Balaban J connectivity index is 0. The molecule has 0 aliphatic carbocycles. The number of rotatable bonds is 13. The number of nitrogens with zero attached hydrogens (tertiary/aromatic N) is 2. The third-order valence-electron chi connectivity index (χ3n) is 4.33. The van der Waals surface area contributed by atoms with E-state index in [4.69, 9.17) is 30.6 Å². The van der Waals surface area contributed by atoms with Gasteiger partial charge in [-0.3, -0.25) is 9.59 Å². The lowest BCUT2D eigenvalue weighted by Crippen LogP contribution is -1.97. The molecule has 0 heterocycles. The quantitative estimate of drug-likeness (QED) is 0.122. The van der Waals surface area contributed by atoms with Gasteiger partial charge in [-0.1, -0.05) is 24.3 Å². The molecule has 0 aliphatic rings. The Bertz CT molecular complexity index is 917. The van der Waals surface area contributed by atoms with Crippen LogP contribution in [0.3, 0.4) is 0 Å². The summed E-state index contributed by atoms with van der Waals surface area (Å²) in [6.45, 7) is 0.140. The van der Waals surface area contributed by atoms with Crippen molar-refractivity contribution in [3.8, 4) is 0 Å². The van der Waals surface area contributed by atoms with Crippen LogP contribution in [0.15, 0.2) is 58.5 Å². The number of carbonyl (C=O) groups excluding carboxylic acids is 2. The highest BCUT2D eigenvalue weighted by Crippen LogP contribution is 2.17. The minimum atomic E-state index is -0.870. The van der Waals surface area contributed by atoms with Crippen LogP contribution < -0.4 is 0 Å². The van der Waals surface area contributed by atoms with Crippen molar-refractivity contribution in [2.24, 2.45) is 9.98 Å². The molecule has 0 saturated heterocycles. The monoisotopic (exact) mass is 548 g/mol. The van der Waals surface area contributed by atoms with Gasteiger partial charge < -0.3 is 30.6 Å². The summed E-state index contributed by atoms with van der Waals surface area (Å²) in [5.41, 5.74) is 3.40. The minimum Gasteiger partial charge on any atom is -0.481 e. The number of aliphatic hydroxyl groups is 4. The number of aliphatic hydroxyl groups excluding tert-OH is 4. The average molecular weight is 549 g/mol. The summed E-state index contributed by atoms with van der Waals surface area (Å²) in [6, 6.07) is 14.7. The Labute approximate surface area is 226 Å². The fourth-order valence-corrected chi connectivity index (χ4v) is 2.49. The Kier molecular flexibility index (Phi) is 25.7. The number of aliphatic carboxylic acids is 2. The number of hydrogen-bond donors (Lipinski definition) is 6. The Morgan fingerprint density at radius 3 is 1.13 bits per heavy atom. The van der Waals surface area contributed by atoms with Crippen molar-refractivity contribution in [1.82, 2.24) is 0 Å². The van der Waals surface area contributed by atoms with Crippen molar-refractivity contribution >= 4 is 35.5 Å². The molecule has 0 atom stereocenters. The normalized spacial score (nSPS) is 9.03. The van der Waals surface area contributed by atoms with E-state index in [2.05, 4.69) is 9.98 Å². The van der Waals surface area contributed by atoms with Crippen LogP contribution in [-0.4, -0.2) is 81.2 Å². The molecule has 2 aromatic carbocycles. The molecule has 12 nitrogen and oxygen atoms in total. The number of isocyanates is 2. The van der Waals surface area contributed by atoms with E-state index >= 15 is 0 Å². The van der Waals surface area contributed by atoms with Crippen molar-refractivity contribution in [1.29, 1.82) is 0 Å². The third kappa shape index (κ3) is 25.4. The van der Waals surface area contributed by atoms with Crippen LogP contribution in [0.1, 0.15) is 49.7 Å². The first-order valence-corrected chi connectivity index (χ1v) is 12.0. The van der Waals surface area contributed by atoms with Crippen molar-refractivity contribution in [2.45, 2.75) is 44.9 Å². The molecular weight excluding hydrogens is 512 g/mol. The molecule has 2 rings (SSSR count). The predicted molar refractivity (Wildman–Crippen MR) is 143 cm³/mol. The Morgan fingerprint density at radius 2 is 0.897 bits per heavy atom. The molecule has 0 aliphatic heterocycles. The van der Waals surface area contributed by atoms with E-state index in [1.807, 2.05) is 24.3 Å². The summed E-state index contributed by atoms with van der Waals surface area (Å²) in [4.78, 5) is 47.1. The van der Waals surface area contributed by atoms with E-state index in [-0.39, 0.29) is 39.3 Å². The van der Waals surface area contributed by atoms with Gasteiger partial charge in [0.1, 0.15) is 0 Å². The van der Waals surface area contributed by atoms with E-state index in [9.17, 15) is 19.2 Å². The third-order valence-corrected chi connectivity index (χ3v) is 4.33. The minimum absolute atomic E-state index is 0.0628. The smallest absolute Gasteiger partial charge is 0.303 e. The van der Waals surface area contributed by atoms with Crippen molar-refractivity contribution in [3.05, 3.63) is 59.7 Å². The standard InChI is InChI=1S/C15H10N2O2.C6H10O4.C4H10O2.C2H6O2/c18-10-16-14-5-1-12(2-6-14)9-13-3-7-15(8-4-13)17-11-19;7-5(8)3-1-2-4-6(9)10;5-3-1-2-4-6;3-1-2-4/h1-8H,9H2;1-4H2,(H,7,8)(H,9,10);5-6H,1-4H2;3-4H,1-2H2. The topological polar surface area (TPSA) is 214 Å². The maximum absolute atomic E-state index is 10.1. The van der Waals surface area contributed by atoms with Crippen LogP contribution in [0.2, 0.25) is 0 Å². The van der Waals surface area contributed by atoms with Crippen LogP contribution >= 0.6 is 0 Å². The zero-order chi connectivity index (χ0) is 29.7. The highest BCUT2D eigenvalue weighted by Gasteiger charge is 1.99. The second-order valence-corrected chi connectivity index (χ2v) is 7.51. The van der Waals surface area contributed by atoms with Gasteiger partial charge in [-0.25, -0.2) is 9.59 Å². The van der Waals surface area contributed by atoms with Crippen molar-refractivity contribution in [2.75, 3.05) is 26.4 Å². The van der Waals surface area contributed by atoms with Crippen molar-refractivity contribution < 1.29 is 49.8 Å². The van der Waals surface area contributed by atoms with Gasteiger partial charge in [-0.15, -0.1) is 0 Å². The molecule has 0 spiro atoms. The van der Waals surface area contributed by atoms with E-state index in [0.29, 0.717) is 24.2 Å². The molecule has 6 N–H and O–H groups in total. The van der Waals surface area contributed by atoms with E-state index < -0.39 is 11.9 Å². The van der Waals surface area contributed by atoms with Crippen LogP contribution in [0, 0.1) is 0 Å². The molecule has 12 heteroatoms. The van der Waals surface area contributed by atoms with Gasteiger partial charge in [-0.05, 0) is 67.5 Å². The molecule has 0 fully saturated rings. The molecule has 2 aromatic rings. The zero-order valence-corrected chi connectivity index (χ0v) is 21.6. The molecular formula is C27H36N2O10. The van der Waals surface area contributed by atoms with Crippen LogP contribution in [0.5, 0.6) is 0 Å². The molecule has 0 aromatic heterocycles. The number of hydrogen-bond acceptors (Lipinski definition) is 10. The molecule has 0 unspecified atom stereocenters. The fraction of sp³-hybridized carbons (Fsp3) is 0.407. The number of carbonyl (C=O) groups is 2. The second-order valence-electron chi connectivity index (χ2n) is 7.51. The Morgan fingerprint density at radius 1 is 0.564 bits per heavy atom. The molecule has 0 amide bonds. The highest BCUT2D eigenvalue weighted by molar-refractivity contribution is 5.67. The second kappa shape index (κ2) is 27.0. The van der Waals surface area contributed by atoms with Gasteiger partial charge in [0.25, 0.3) is 0 Å². The first-order valence-electron chi connectivity index (χ1n) is 12.0. The highest BCUT2D eigenvalue weighted by atomic mass is 16.4. The molecule has 0 saturated carbocycles. The molecule has 214 valence electrons. The van der Waals surface area contributed by atoms with E-state index in [1.54, 1.807) is 24.3 Å². The summed E-state index contributed by atoms with van der Waals surface area (Å²) >= 11 is 0. The molecule has 0 bridgehead atoms. The van der Waals surface area contributed by atoms with E-state index in [0.717, 1.165) is 30.4 Å². The maximum atomic E-state index is 10.1. The number of aliphatic imine (C=N–C) groups is 2. The SMILES string of the molecule is O=C(O)CCCCC(=O)O.O=C=Nc1ccc(Cc2ccc(N=C=O)cc2)cc1.OCCCCO.OCCO. The van der Waals surface area contributed by atoms with Gasteiger partial charge in [0, 0.05) is 26.1 Å². The summed E-state index contributed by atoms with van der Waals surface area (Å²) in [6.07, 6.45) is 6.22. The fourth-order valence-electron chi connectivity index (χ4n) is 2.49. The summed E-state index contributed by atoms with van der Waals surface area (Å²) in [5, 5.41) is 47.7. The predicted octanol–water partition coefficient (Wildman–Crippen LogP) is 2.65. The first kappa shape index (κ1) is 37.1. The lowest BCUT2D eigenvalue weighted by atomic mass is 10.0. The lowest BCUT2D eigenvalue weighted by Gasteiger charge is -2.02. The summed E-state index contributed by atoms with van der Waals surface area (Å²) in [5.74, 6) is -1.74. The van der Waals surface area contributed by atoms with Gasteiger partial charge in [0.2, 0.25) is 12.2 Å². The lowest BCUT2D eigenvalue weighted by molar-refractivity contribution is -0.139. The van der Waals surface area contributed by atoms with Crippen LogP contribution in [-0.2, 0) is 25.6 Å². The first-order chi connectivity index (χ1) is 18.8. The molecule has 39 heavy (non-hydrogen) atoms. The van der Waals surface area contributed by atoms with Crippen LogP contribution in [0.25, 0.3) is 0 Å². The maximum Gasteiger partial charge on any atom is 0.303 e. The number of unbranched alkanes of at least 4 members (excludes halogenated alkanes) is 2. The average Bonchev–Trinajstić information content (AvgIpc) is 2.93. The molecule has 0 radical (unpaired) electrons. The number of benzene rings is 2. The van der Waals surface area contributed by atoms with Gasteiger partial charge in [0.05, 0.1) is 24.6 Å². The summed E-state index contributed by atoms with van der Waals surface area (Å²) in [7, 11) is 0. The largest absolute Gasteiger partial charge is 0.481 e. The number of carboxylic acids is 2. The van der Waals surface area contributed by atoms with E-state index in [1.165, 1.54) is 12.2 Å². The van der Waals surface area contributed by atoms with Crippen molar-refractivity contribution in [3.63, 3.8) is 0 Å². The van der Waals surface area contributed by atoms with Crippen LogP contribution in [0.4, 0.5) is 11.4 Å². The Hall–Kier alpha value is -4.02. The van der Waals surface area contributed by atoms with Gasteiger partial charge in [-0.2, -0.15) is 9.98 Å². The number of carboxylic acid groups (broad SMARTS) is 2. The summed E-state index contributed by atoms with van der Waals surface area (Å²) < 4.78 is 0. The van der Waals surface area contributed by atoms with Gasteiger partial charge >= 0.3 is 11.9 Å². The zero-order valence-electron chi connectivity index (χ0n) is 21.6. The van der Waals surface area contributed by atoms with Gasteiger partial charge in [0.15, 0.2) is 0 Å².